The fourth-order valence-corrected chi connectivity index (χ4v) is 6.93. The predicted octanol–water partition coefficient (Wildman–Crippen LogP) is 2.66. The Hall–Kier alpha value is -4.10. The van der Waals surface area contributed by atoms with E-state index in [4.69, 9.17) is 4.98 Å². The van der Waals surface area contributed by atoms with Gasteiger partial charge in [-0.2, -0.15) is 10.1 Å². The predicted molar refractivity (Wildman–Crippen MR) is 166 cm³/mol. The van der Waals surface area contributed by atoms with Gasteiger partial charge in [-0.05, 0) is 56.5 Å². The molecule has 2 bridgehead atoms. The Balaban J connectivity index is 1.03. The number of aromatic nitrogens is 5. The summed E-state index contributed by atoms with van der Waals surface area (Å²) in [7, 11) is 2.07. The standard InChI is InChI=1S/C30H36N10O2S/c1-35-11-13-36(14-12-35)27(41)20-38-17-22(16-31-38)32-30-33-28-26(7-4-10-39(28)34-30)37-18-23-8-9-24(19-37)40(23)29(42)21-5-3-6-25(15-21)43-2/h3-7,10,15-17,23-24H,8-9,11-14,18-20H2,1-2H3,(H,32,34). The van der Waals surface area contributed by atoms with Gasteiger partial charge in [0.25, 0.3) is 5.91 Å². The monoisotopic (exact) mass is 600 g/mol. The zero-order chi connectivity index (χ0) is 29.5. The first-order valence-corrected chi connectivity index (χ1v) is 16.0. The number of hydrogen-bond donors (Lipinski definition) is 1. The molecule has 0 spiro atoms. The highest BCUT2D eigenvalue weighted by molar-refractivity contribution is 7.98. The maximum absolute atomic E-state index is 13.5. The van der Waals surface area contributed by atoms with Crippen molar-refractivity contribution in [1.82, 2.24) is 39.1 Å². The highest BCUT2D eigenvalue weighted by Crippen LogP contribution is 2.35. The summed E-state index contributed by atoms with van der Waals surface area (Å²) in [6.45, 7) is 4.99. The van der Waals surface area contributed by atoms with Crippen LogP contribution < -0.4 is 10.2 Å². The molecule has 3 fully saturated rings. The Kier molecular flexibility index (Phi) is 7.43. The van der Waals surface area contributed by atoms with E-state index in [1.807, 2.05) is 53.9 Å². The van der Waals surface area contributed by atoms with E-state index in [1.54, 1.807) is 27.2 Å². The Morgan fingerprint density at radius 1 is 1.05 bits per heavy atom. The molecular weight excluding hydrogens is 564 g/mol. The number of likely N-dealkylation sites (N-methyl/N-ethyl adjacent to an activating group) is 1. The Bertz CT molecular complexity index is 1630. The van der Waals surface area contributed by atoms with E-state index in [1.165, 1.54) is 0 Å². The number of carbonyl (C=O) groups excluding carboxylic acids is 2. The van der Waals surface area contributed by atoms with Crippen LogP contribution in [0.1, 0.15) is 23.2 Å². The molecule has 4 aromatic rings. The molecule has 224 valence electrons. The summed E-state index contributed by atoms with van der Waals surface area (Å²) < 4.78 is 3.43. The zero-order valence-electron chi connectivity index (χ0n) is 24.5. The van der Waals surface area contributed by atoms with Gasteiger partial charge in [-0.25, -0.2) is 4.52 Å². The van der Waals surface area contributed by atoms with Gasteiger partial charge in [0.2, 0.25) is 11.9 Å². The number of fused-ring (bicyclic) bond motifs is 3. The summed E-state index contributed by atoms with van der Waals surface area (Å²) in [6, 6.07) is 12.3. The van der Waals surface area contributed by atoms with E-state index in [9.17, 15) is 9.59 Å². The highest BCUT2D eigenvalue weighted by Gasteiger charge is 2.43. The van der Waals surface area contributed by atoms with Gasteiger partial charge in [0.1, 0.15) is 6.54 Å². The van der Waals surface area contributed by atoms with E-state index < -0.39 is 0 Å². The Morgan fingerprint density at radius 2 is 1.84 bits per heavy atom. The van der Waals surface area contributed by atoms with Crippen molar-refractivity contribution in [1.29, 1.82) is 0 Å². The average molecular weight is 601 g/mol. The first-order chi connectivity index (χ1) is 20.9. The van der Waals surface area contributed by atoms with Crippen LogP contribution in [-0.2, 0) is 11.3 Å². The maximum Gasteiger partial charge on any atom is 0.254 e. The minimum Gasteiger partial charge on any atom is -0.364 e. The molecule has 0 aliphatic carbocycles. The number of benzene rings is 1. The number of thioether (sulfide) groups is 1. The second-order valence-electron chi connectivity index (χ2n) is 11.6. The number of hydrogen-bond acceptors (Lipinski definition) is 9. The highest BCUT2D eigenvalue weighted by atomic mass is 32.2. The van der Waals surface area contributed by atoms with Gasteiger partial charge in [0.15, 0.2) is 5.65 Å². The molecule has 0 radical (unpaired) electrons. The van der Waals surface area contributed by atoms with E-state index in [0.29, 0.717) is 5.95 Å². The molecule has 1 N–H and O–H groups in total. The molecule has 1 aromatic carbocycles. The number of nitrogens with zero attached hydrogens (tertiary/aromatic N) is 9. The lowest BCUT2D eigenvalue weighted by atomic mass is 10.1. The topological polar surface area (TPSA) is 107 Å². The number of anilines is 3. The van der Waals surface area contributed by atoms with Crippen LogP contribution >= 0.6 is 11.8 Å². The normalized spacial score (nSPS) is 20.7. The summed E-state index contributed by atoms with van der Waals surface area (Å²) >= 11 is 1.65. The van der Waals surface area contributed by atoms with Crippen molar-refractivity contribution < 1.29 is 9.59 Å². The lowest BCUT2D eigenvalue weighted by Gasteiger charge is -2.42. The van der Waals surface area contributed by atoms with Crippen molar-refractivity contribution >= 4 is 46.5 Å². The fourth-order valence-electron chi connectivity index (χ4n) is 6.47. The molecule has 3 aromatic heterocycles. The number of piperazine rings is 2. The maximum atomic E-state index is 13.5. The molecule has 7 rings (SSSR count). The second-order valence-corrected chi connectivity index (χ2v) is 12.4. The average Bonchev–Trinajstić information content (AvgIpc) is 3.72. The molecule has 0 saturated carbocycles. The smallest absolute Gasteiger partial charge is 0.254 e. The van der Waals surface area contributed by atoms with Crippen LogP contribution in [0.2, 0.25) is 0 Å². The number of amides is 2. The van der Waals surface area contributed by atoms with Crippen molar-refractivity contribution in [2.45, 2.75) is 36.4 Å². The van der Waals surface area contributed by atoms with Gasteiger partial charge in [-0.3, -0.25) is 14.3 Å². The van der Waals surface area contributed by atoms with Crippen LogP contribution in [0.15, 0.2) is 59.9 Å². The van der Waals surface area contributed by atoms with Crippen LogP contribution in [0.5, 0.6) is 0 Å². The van der Waals surface area contributed by atoms with Crippen LogP contribution in [0.3, 0.4) is 0 Å². The van der Waals surface area contributed by atoms with Gasteiger partial charge in [-0.1, -0.05) is 6.07 Å². The molecule has 43 heavy (non-hydrogen) atoms. The third kappa shape index (κ3) is 5.54. The van der Waals surface area contributed by atoms with Gasteiger partial charge in [-0.15, -0.1) is 16.9 Å². The lowest BCUT2D eigenvalue weighted by molar-refractivity contribution is -0.133. The molecular formula is C30H36N10O2S. The number of carbonyl (C=O) groups is 2. The number of pyridine rings is 1. The molecule has 3 aliphatic heterocycles. The van der Waals surface area contributed by atoms with Crippen LogP contribution in [0.25, 0.3) is 5.65 Å². The van der Waals surface area contributed by atoms with Crippen molar-refractivity contribution in [2.75, 3.05) is 62.8 Å². The molecule has 6 heterocycles. The van der Waals surface area contributed by atoms with Crippen molar-refractivity contribution in [3.8, 4) is 0 Å². The fraction of sp³-hybridized carbons (Fsp3) is 0.433. The van der Waals surface area contributed by atoms with E-state index >= 15 is 0 Å². The largest absolute Gasteiger partial charge is 0.364 e. The first-order valence-electron chi connectivity index (χ1n) is 14.8. The van der Waals surface area contributed by atoms with E-state index in [2.05, 4.69) is 43.3 Å². The van der Waals surface area contributed by atoms with E-state index in [-0.39, 0.29) is 30.4 Å². The number of nitrogens with one attached hydrogen (secondary N) is 1. The minimum atomic E-state index is 0.0718. The third-order valence-electron chi connectivity index (χ3n) is 8.76. The summed E-state index contributed by atoms with van der Waals surface area (Å²) in [6.07, 6.45) is 9.42. The SMILES string of the molecule is CSc1cccc(C(=O)N2C3CCC2CN(c2cccn4nc(Nc5cnn(CC(=O)N6CCN(C)CC6)c5)nc24)C3)c1. The summed E-state index contributed by atoms with van der Waals surface area (Å²) in [5, 5.41) is 12.3. The Morgan fingerprint density at radius 3 is 2.60 bits per heavy atom. The third-order valence-corrected chi connectivity index (χ3v) is 9.48. The lowest BCUT2D eigenvalue weighted by Crippen LogP contribution is -2.56. The van der Waals surface area contributed by atoms with Crippen molar-refractivity contribution in [2.24, 2.45) is 0 Å². The van der Waals surface area contributed by atoms with Crippen LogP contribution in [0.4, 0.5) is 17.3 Å². The van der Waals surface area contributed by atoms with Gasteiger partial charge < -0.3 is 24.9 Å². The summed E-state index contributed by atoms with van der Waals surface area (Å²) in [5.41, 5.74) is 3.25. The van der Waals surface area contributed by atoms with Gasteiger partial charge >= 0.3 is 0 Å². The molecule has 12 nitrogen and oxygen atoms in total. The minimum absolute atomic E-state index is 0.0718. The molecule has 2 amide bonds. The van der Waals surface area contributed by atoms with Gasteiger partial charge in [0, 0.05) is 74.2 Å². The molecule has 3 aliphatic rings. The van der Waals surface area contributed by atoms with Crippen LogP contribution in [-0.4, -0.2) is 116 Å². The Labute approximate surface area is 254 Å². The molecule has 3 saturated heterocycles. The number of rotatable bonds is 7. The van der Waals surface area contributed by atoms with Crippen LogP contribution in [0, 0.1) is 0 Å². The summed E-state index contributed by atoms with van der Waals surface area (Å²) in [4.78, 5) is 40.8. The summed E-state index contributed by atoms with van der Waals surface area (Å²) in [5.74, 6) is 0.659. The molecule has 2 atom stereocenters. The molecule has 2 unspecified atom stereocenters. The second kappa shape index (κ2) is 11.5. The quantitative estimate of drug-likeness (QED) is 0.321. The zero-order valence-corrected chi connectivity index (χ0v) is 25.3. The molecule has 13 heteroatoms. The van der Waals surface area contributed by atoms with Crippen molar-refractivity contribution in [3.05, 3.63) is 60.6 Å². The van der Waals surface area contributed by atoms with Crippen molar-refractivity contribution in [3.63, 3.8) is 0 Å². The van der Waals surface area contributed by atoms with Gasteiger partial charge in [0.05, 0.1) is 17.6 Å². The van der Waals surface area contributed by atoms with E-state index in [0.717, 1.165) is 79.6 Å². The first kappa shape index (κ1) is 27.7.